The molecule has 0 aliphatic carbocycles. The average molecular weight is 605 g/mol. The molecule has 0 aliphatic heterocycles. The van der Waals surface area contributed by atoms with Crippen molar-refractivity contribution >= 4 is 27.6 Å². The van der Waals surface area contributed by atoms with Crippen LogP contribution in [0.25, 0.3) is 0 Å². The zero-order valence-electron chi connectivity index (χ0n) is 24.3. The number of sulfonamides is 1. The number of rotatable bonds is 12. The molecular weight excluding hydrogens is 568 g/mol. The predicted octanol–water partition coefficient (Wildman–Crippen LogP) is 5.24. The highest BCUT2D eigenvalue weighted by molar-refractivity contribution is 7.89. The number of anilines is 1. The molecule has 4 aromatic carbocycles. The van der Waals surface area contributed by atoms with Crippen molar-refractivity contribution in [2.24, 2.45) is 0 Å². The number of carbonyl (C=O) groups is 2. The molecule has 3 N–H and O–H groups in total. The number of methoxy groups -OCH3 is 1. The first kappa shape index (κ1) is 32.8. The SMILES string of the molecule is CCc1ccc(S(=O)(=O)NC(COc2cccc(C)c2)C(=O)Nc2ccc(CC(=O)O)cc2)cc1.COc1ccccc1. The summed E-state index contributed by atoms with van der Waals surface area (Å²) in [6, 6.07) is 28.4. The Balaban J connectivity index is 0.000000546. The Morgan fingerprint density at radius 3 is 2.02 bits per heavy atom. The van der Waals surface area contributed by atoms with Gasteiger partial charge in [-0.1, -0.05) is 61.5 Å². The number of hydrogen-bond acceptors (Lipinski definition) is 6. The van der Waals surface area contributed by atoms with Crippen molar-refractivity contribution in [1.82, 2.24) is 4.72 Å². The van der Waals surface area contributed by atoms with Crippen LogP contribution >= 0.6 is 0 Å². The zero-order valence-corrected chi connectivity index (χ0v) is 25.1. The van der Waals surface area contributed by atoms with Crippen molar-refractivity contribution < 1.29 is 32.6 Å². The van der Waals surface area contributed by atoms with E-state index >= 15 is 0 Å². The number of benzene rings is 4. The molecule has 0 saturated heterocycles. The van der Waals surface area contributed by atoms with E-state index in [1.807, 2.05) is 50.2 Å². The first-order valence-electron chi connectivity index (χ1n) is 13.6. The van der Waals surface area contributed by atoms with Gasteiger partial charge in [0.2, 0.25) is 15.9 Å². The molecule has 0 bridgehead atoms. The van der Waals surface area contributed by atoms with Crippen molar-refractivity contribution in [2.75, 3.05) is 19.0 Å². The molecule has 0 spiro atoms. The summed E-state index contributed by atoms with van der Waals surface area (Å²) in [6.07, 6.45) is 0.631. The first-order chi connectivity index (χ1) is 20.6. The maximum atomic E-state index is 13.1. The Labute approximate surface area is 252 Å². The lowest BCUT2D eigenvalue weighted by atomic mass is 10.1. The molecule has 1 atom stereocenters. The number of carboxylic acid groups (broad SMARTS) is 1. The molecule has 0 aromatic heterocycles. The molecule has 4 rings (SSSR count). The van der Waals surface area contributed by atoms with Gasteiger partial charge in [-0.3, -0.25) is 9.59 Å². The minimum absolute atomic E-state index is 0.0427. The highest BCUT2D eigenvalue weighted by atomic mass is 32.2. The minimum Gasteiger partial charge on any atom is -0.497 e. The Morgan fingerprint density at radius 2 is 1.47 bits per heavy atom. The summed E-state index contributed by atoms with van der Waals surface area (Å²) >= 11 is 0. The largest absolute Gasteiger partial charge is 0.497 e. The maximum absolute atomic E-state index is 13.1. The number of carbonyl (C=O) groups excluding carboxylic acids is 1. The van der Waals surface area contributed by atoms with Crippen molar-refractivity contribution in [3.8, 4) is 11.5 Å². The van der Waals surface area contributed by atoms with Gasteiger partial charge in [0.1, 0.15) is 24.1 Å². The van der Waals surface area contributed by atoms with Crippen molar-refractivity contribution in [2.45, 2.75) is 37.6 Å². The standard InChI is InChI=1S/C26H28N2O6S.C7H8O/c1-3-19-9-13-23(14-10-19)35(32,33)28-24(17-34-22-6-4-5-18(2)15-22)26(31)27-21-11-7-20(8-12-21)16-25(29)30;1-8-7-5-3-2-4-6-7/h4-15,24,28H,3,16-17H2,1-2H3,(H,27,31)(H,29,30);2-6H,1H3. The Morgan fingerprint density at radius 1 is 0.837 bits per heavy atom. The van der Waals surface area contributed by atoms with Crippen molar-refractivity contribution in [3.63, 3.8) is 0 Å². The van der Waals surface area contributed by atoms with E-state index in [0.29, 0.717) is 17.0 Å². The normalized spacial score (nSPS) is 11.4. The molecule has 0 aliphatic rings. The van der Waals surface area contributed by atoms with Gasteiger partial charge in [-0.05, 0) is 78.6 Å². The van der Waals surface area contributed by atoms with E-state index < -0.39 is 27.9 Å². The Bertz CT molecular complexity index is 1570. The van der Waals surface area contributed by atoms with Gasteiger partial charge >= 0.3 is 5.97 Å². The van der Waals surface area contributed by atoms with Crippen LogP contribution in [0, 0.1) is 6.92 Å². The molecule has 9 nitrogen and oxygen atoms in total. The van der Waals surface area contributed by atoms with Crippen LogP contribution in [0.1, 0.15) is 23.6 Å². The molecule has 0 saturated carbocycles. The number of hydrogen-bond donors (Lipinski definition) is 3. The molecular formula is C33H36N2O7S. The molecule has 4 aromatic rings. The Hall–Kier alpha value is -4.67. The zero-order chi connectivity index (χ0) is 31.2. The lowest BCUT2D eigenvalue weighted by Crippen LogP contribution is -2.47. The van der Waals surface area contributed by atoms with Crippen LogP contribution in [0.15, 0.2) is 108 Å². The summed E-state index contributed by atoms with van der Waals surface area (Å²) in [5, 5.41) is 11.6. The third kappa shape index (κ3) is 10.9. The van der Waals surface area contributed by atoms with Crippen molar-refractivity contribution in [1.29, 1.82) is 0 Å². The fourth-order valence-electron chi connectivity index (χ4n) is 3.87. The number of nitrogens with one attached hydrogen (secondary N) is 2. The van der Waals surface area contributed by atoms with E-state index in [1.165, 1.54) is 12.1 Å². The van der Waals surface area contributed by atoms with Gasteiger partial charge in [-0.15, -0.1) is 0 Å². The van der Waals surface area contributed by atoms with Crippen molar-refractivity contribution in [3.05, 3.63) is 120 Å². The molecule has 1 amide bonds. The fraction of sp³-hybridized carbons (Fsp3) is 0.212. The maximum Gasteiger partial charge on any atom is 0.307 e. The number of carboxylic acids is 1. The van der Waals surface area contributed by atoms with Gasteiger partial charge in [-0.2, -0.15) is 4.72 Å². The van der Waals surface area contributed by atoms with Crippen LogP contribution in [0.3, 0.4) is 0 Å². The second-order valence-electron chi connectivity index (χ2n) is 9.57. The van der Waals surface area contributed by atoms with E-state index in [4.69, 9.17) is 14.6 Å². The summed E-state index contributed by atoms with van der Waals surface area (Å²) < 4.78 is 39.1. The van der Waals surface area contributed by atoms with Crippen LogP contribution in [0.2, 0.25) is 0 Å². The second-order valence-corrected chi connectivity index (χ2v) is 11.3. The quantitative estimate of drug-likeness (QED) is 0.201. The highest BCUT2D eigenvalue weighted by Gasteiger charge is 2.27. The van der Waals surface area contributed by atoms with Gasteiger partial charge in [0.05, 0.1) is 18.4 Å². The second kappa shape index (κ2) is 16.1. The number of ether oxygens (including phenoxy) is 2. The molecule has 0 fully saturated rings. The van der Waals surface area contributed by atoms with E-state index in [9.17, 15) is 18.0 Å². The van der Waals surface area contributed by atoms with Gasteiger partial charge in [0, 0.05) is 5.69 Å². The molecule has 0 heterocycles. The summed E-state index contributed by atoms with van der Waals surface area (Å²) in [7, 11) is -2.35. The van der Waals surface area contributed by atoms with Crippen LogP contribution in [0.4, 0.5) is 5.69 Å². The van der Waals surface area contributed by atoms with Crippen LogP contribution in [-0.2, 0) is 32.5 Å². The van der Waals surface area contributed by atoms with Crippen LogP contribution < -0.4 is 19.5 Å². The first-order valence-corrected chi connectivity index (χ1v) is 15.1. The Kier molecular flexibility index (Phi) is 12.3. The van der Waals surface area contributed by atoms with Gasteiger partial charge in [0.25, 0.3) is 0 Å². The predicted molar refractivity (Wildman–Crippen MR) is 166 cm³/mol. The lowest BCUT2D eigenvalue weighted by Gasteiger charge is -2.19. The van der Waals surface area contributed by atoms with E-state index in [2.05, 4.69) is 10.0 Å². The van der Waals surface area contributed by atoms with Crippen LogP contribution in [-0.4, -0.2) is 45.2 Å². The third-order valence-electron chi connectivity index (χ3n) is 6.22. The number of aryl methyl sites for hydroxylation is 2. The molecule has 10 heteroatoms. The molecule has 0 radical (unpaired) electrons. The summed E-state index contributed by atoms with van der Waals surface area (Å²) in [5.41, 5.74) is 2.93. The number of amides is 1. The number of aliphatic carboxylic acids is 1. The summed E-state index contributed by atoms with van der Waals surface area (Å²) in [5.74, 6) is -0.159. The summed E-state index contributed by atoms with van der Waals surface area (Å²) in [4.78, 5) is 24.0. The van der Waals surface area contributed by atoms with Crippen LogP contribution in [0.5, 0.6) is 11.5 Å². The fourth-order valence-corrected chi connectivity index (χ4v) is 5.05. The highest BCUT2D eigenvalue weighted by Crippen LogP contribution is 2.16. The molecule has 1 unspecified atom stereocenters. The smallest absolute Gasteiger partial charge is 0.307 e. The van der Waals surface area contributed by atoms with E-state index in [1.54, 1.807) is 61.7 Å². The minimum atomic E-state index is -4.01. The van der Waals surface area contributed by atoms with E-state index in [-0.39, 0.29) is 17.9 Å². The third-order valence-corrected chi connectivity index (χ3v) is 7.71. The van der Waals surface area contributed by atoms with E-state index in [0.717, 1.165) is 23.3 Å². The van der Waals surface area contributed by atoms with Gasteiger partial charge < -0.3 is 19.9 Å². The average Bonchev–Trinajstić information content (AvgIpc) is 3.00. The van der Waals surface area contributed by atoms with Gasteiger partial charge in [-0.25, -0.2) is 8.42 Å². The van der Waals surface area contributed by atoms with Gasteiger partial charge in [0.15, 0.2) is 0 Å². The number of para-hydroxylation sites is 1. The lowest BCUT2D eigenvalue weighted by molar-refractivity contribution is -0.136. The molecule has 226 valence electrons. The monoisotopic (exact) mass is 604 g/mol. The topological polar surface area (TPSA) is 131 Å². The summed E-state index contributed by atoms with van der Waals surface area (Å²) in [6.45, 7) is 3.63. The molecule has 43 heavy (non-hydrogen) atoms.